The first-order chi connectivity index (χ1) is 8.74. The predicted octanol–water partition coefficient (Wildman–Crippen LogP) is 3.28. The van der Waals surface area contributed by atoms with E-state index in [1.165, 1.54) is 38.5 Å². The second-order valence-electron chi connectivity index (χ2n) is 5.50. The normalized spacial score (nSPS) is 19.2. The number of hydrogen-bond acceptors (Lipinski definition) is 3. The molecule has 0 aromatic rings. The van der Waals surface area contributed by atoms with Crippen molar-refractivity contribution in [1.29, 1.82) is 0 Å². The Morgan fingerprint density at radius 3 is 2.56 bits per heavy atom. The van der Waals surface area contributed by atoms with Crippen LogP contribution in [-0.4, -0.2) is 25.2 Å². The van der Waals surface area contributed by atoms with Gasteiger partial charge in [-0.2, -0.15) is 0 Å². The molecule has 3 nitrogen and oxygen atoms in total. The lowest BCUT2D eigenvalue weighted by Crippen LogP contribution is -2.37. The molecule has 18 heavy (non-hydrogen) atoms. The fourth-order valence-electron chi connectivity index (χ4n) is 2.60. The highest BCUT2D eigenvalue weighted by Gasteiger charge is 2.19. The van der Waals surface area contributed by atoms with Crippen LogP contribution in [0.5, 0.6) is 0 Å². The van der Waals surface area contributed by atoms with Crippen LogP contribution in [0, 0.1) is 5.92 Å². The maximum atomic E-state index is 11.5. The van der Waals surface area contributed by atoms with E-state index in [0.29, 0.717) is 19.2 Å². The molecule has 0 aliphatic heterocycles. The number of rotatable bonds is 7. The van der Waals surface area contributed by atoms with Crippen LogP contribution in [-0.2, 0) is 9.53 Å². The molecule has 1 atom stereocenters. The van der Waals surface area contributed by atoms with E-state index in [1.54, 1.807) is 0 Å². The van der Waals surface area contributed by atoms with Crippen molar-refractivity contribution < 1.29 is 9.53 Å². The topological polar surface area (TPSA) is 38.3 Å². The van der Waals surface area contributed by atoms with Gasteiger partial charge in [-0.3, -0.25) is 4.79 Å². The van der Waals surface area contributed by atoms with Gasteiger partial charge in [-0.1, -0.05) is 39.0 Å². The standard InChI is InChI=1S/C15H29NO2/c1-3-4-11-18-15(17)12-16-13(2)14-9-7-5-6-8-10-14/h13-14,16H,3-12H2,1-2H3/t13-/m0/s1. The van der Waals surface area contributed by atoms with E-state index < -0.39 is 0 Å². The number of carbonyl (C=O) groups is 1. The zero-order chi connectivity index (χ0) is 13.2. The van der Waals surface area contributed by atoms with Crippen molar-refractivity contribution >= 4 is 5.97 Å². The van der Waals surface area contributed by atoms with Crippen molar-refractivity contribution in [2.45, 2.75) is 71.3 Å². The van der Waals surface area contributed by atoms with Crippen molar-refractivity contribution in [3.05, 3.63) is 0 Å². The molecule has 0 spiro atoms. The number of nitrogens with one attached hydrogen (secondary N) is 1. The van der Waals surface area contributed by atoms with Crippen LogP contribution in [0.1, 0.15) is 65.2 Å². The maximum absolute atomic E-state index is 11.5. The minimum Gasteiger partial charge on any atom is -0.465 e. The highest BCUT2D eigenvalue weighted by Crippen LogP contribution is 2.25. The molecular formula is C15H29NO2. The van der Waals surface area contributed by atoms with E-state index in [9.17, 15) is 4.79 Å². The first-order valence-electron chi connectivity index (χ1n) is 7.63. The third-order valence-electron chi connectivity index (χ3n) is 3.94. The first-order valence-corrected chi connectivity index (χ1v) is 7.63. The van der Waals surface area contributed by atoms with Gasteiger partial charge in [-0.05, 0) is 32.1 Å². The van der Waals surface area contributed by atoms with Gasteiger partial charge in [0, 0.05) is 6.04 Å². The molecule has 0 amide bonds. The molecule has 1 saturated carbocycles. The Balaban J connectivity index is 2.14. The van der Waals surface area contributed by atoms with Crippen molar-refractivity contribution in [2.24, 2.45) is 5.92 Å². The fraction of sp³-hybridized carbons (Fsp3) is 0.933. The molecule has 1 rings (SSSR count). The van der Waals surface area contributed by atoms with Gasteiger partial charge in [-0.25, -0.2) is 0 Å². The van der Waals surface area contributed by atoms with Gasteiger partial charge in [-0.15, -0.1) is 0 Å². The summed E-state index contributed by atoms with van der Waals surface area (Å²) < 4.78 is 5.14. The van der Waals surface area contributed by atoms with Gasteiger partial charge in [0.05, 0.1) is 13.2 Å². The number of ether oxygens (including phenoxy) is 1. The number of unbranched alkanes of at least 4 members (excludes halogenated alkanes) is 1. The van der Waals surface area contributed by atoms with Crippen molar-refractivity contribution in [1.82, 2.24) is 5.32 Å². The van der Waals surface area contributed by atoms with Crippen molar-refractivity contribution in [3.8, 4) is 0 Å². The van der Waals surface area contributed by atoms with Crippen molar-refractivity contribution in [3.63, 3.8) is 0 Å². The van der Waals surface area contributed by atoms with Crippen molar-refractivity contribution in [2.75, 3.05) is 13.2 Å². The molecule has 1 aliphatic rings. The van der Waals surface area contributed by atoms with Gasteiger partial charge in [0.1, 0.15) is 0 Å². The quantitative estimate of drug-likeness (QED) is 0.431. The molecule has 0 unspecified atom stereocenters. The Kier molecular flexibility index (Phi) is 8.06. The van der Waals surface area contributed by atoms with Crippen LogP contribution < -0.4 is 5.32 Å². The van der Waals surface area contributed by atoms with Gasteiger partial charge < -0.3 is 10.1 Å². The van der Waals surface area contributed by atoms with Crippen LogP contribution in [0.3, 0.4) is 0 Å². The van der Waals surface area contributed by atoms with Gasteiger partial charge in [0.2, 0.25) is 0 Å². The Morgan fingerprint density at radius 1 is 1.28 bits per heavy atom. The summed E-state index contributed by atoms with van der Waals surface area (Å²) in [6, 6.07) is 0.432. The molecule has 0 heterocycles. The van der Waals surface area contributed by atoms with E-state index in [2.05, 4.69) is 19.2 Å². The molecule has 3 heteroatoms. The molecule has 0 radical (unpaired) electrons. The largest absolute Gasteiger partial charge is 0.465 e. The molecule has 1 aliphatic carbocycles. The second kappa shape index (κ2) is 9.37. The summed E-state index contributed by atoms with van der Waals surface area (Å²) >= 11 is 0. The van der Waals surface area contributed by atoms with Crippen LogP contribution in [0.25, 0.3) is 0 Å². The van der Waals surface area contributed by atoms with Gasteiger partial charge in [0.15, 0.2) is 0 Å². The zero-order valence-electron chi connectivity index (χ0n) is 12.0. The average molecular weight is 255 g/mol. The Labute approximate surface area is 112 Å². The molecule has 0 aromatic carbocycles. The molecular weight excluding hydrogens is 226 g/mol. The van der Waals surface area contributed by atoms with Gasteiger partial charge in [0.25, 0.3) is 0 Å². The van der Waals surface area contributed by atoms with E-state index in [1.807, 2.05) is 0 Å². The SMILES string of the molecule is CCCCOC(=O)CN[C@@H](C)C1CCCCCC1. The lowest BCUT2D eigenvalue weighted by Gasteiger charge is -2.23. The number of carbonyl (C=O) groups excluding carboxylic acids is 1. The summed E-state index contributed by atoms with van der Waals surface area (Å²) in [4.78, 5) is 11.5. The second-order valence-corrected chi connectivity index (χ2v) is 5.50. The average Bonchev–Trinajstić information content (AvgIpc) is 2.65. The number of hydrogen-bond donors (Lipinski definition) is 1. The molecule has 0 bridgehead atoms. The smallest absolute Gasteiger partial charge is 0.319 e. The summed E-state index contributed by atoms with van der Waals surface area (Å²) in [7, 11) is 0. The number of esters is 1. The van der Waals surface area contributed by atoms with Crippen LogP contribution in [0.2, 0.25) is 0 Å². The Bertz CT molecular complexity index is 223. The summed E-state index contributed by atoms with van der Waals surface area (Å²) in [6.45, 7) is 5.23. The van der Waals surface area contributed by atoms with Crippen LogP contribution >= 0.6 is 0 Å². The highest BCUT2D eigenvalue weighted by molar-refractivity contribution is 5.71. The summed E-state index contributed by atoms with van der Waals surface area (Å²) in [5, 5.41) is 3.33. The Hall–Kier alpha value is -0.570. The molecule has 1 N–H and O–H groups in total. The minimum atomic E-state index is -0.107. The third kappa shape index (κ3) is 6.39. The first kappa shape index (κ1) is 15.5. The summed E-state index contributed by atoms with van der Waals surface area (Å²) in [5.41, 5.74) is 0. The lowest BCUT2D eigenvalue weighted by atomic mass is 9.93. The van der Waals surface area contributed by atoms with E-state index in [4.69, 9.17) is 4.74 Å². The third-order valence-corrected chi connectivity index (χ3v) is 3.94. The Morgan fingerprint density at radius 2 is 1.94 bits per heavy atom. The molecule has 1 fully saturated rings. The van der Waals surface area contributed by atoms with E-state index in [-0.39, 0.29) is 5.97 Å². The van der Waals surface area contributed by atoms with Crippen LogP contribution in [0.15, 0.2) is 0 Å². The summed E-state index contributed by atoms with van der Waals surface area (Å²) in [5.74, 6) is 0.625. The van der Waals surface area contributed by atoms with E-state index in [0.717, 1.165) is 18.8 Å². The fourth-order valence-corrected chi connectivity index (χ4v) is 2.60. The van der Waals surface area contributed by atoms with Crippen LogP contribution in [0.4, 0.5) is 0 Å². The predicted molar refractivity (Wildman–Crippen MR) is 74.5 cm³/mol. The summed E-state index contributed by atoms with van der Waals surface area (Å²) in [6.07, 6.45) is 10.1. The van der Waals surface area contributed by atoms with Gasteiger partial charge >= 0.3 is 5.97 Å². The highest BCUT2D eigenvalue weighted by atomic mass is 16.5. The molecule has 0 saturated heterocycles. The molecule has 0 aromatic heterocycles. The molecule has 106 valence electrons. The monoisotopic (exact) mass is 255 g/mol. The van der Waals surface area contributed by atoms with E-state index >= 15 is 0 Å². The lowest BCUT2D eigenvalue weighted by molar-refractivity contribution is -0.142. The zero-order valence-corrected chi connectivity index (χ0v) is 12.0. The minimum absolute atomic E-state index is 0.107. The maximum Gasteiger partial charge on any atom is 0.319 e.